The van der Waals surface area contributed by atoms with Crippen molar-refractivity contribution in [1.29, 1.82) is 0 Å². The number of aryl methyl sites for hydroxylation is 2. The van der Waals surface area contributed by atoms with Crippen molar-refractivity contribution in [3.05, 3.63) is 16.1 Å². The lowest BCUT2D eigenvalue weighted by Crippen LogP contribution is -2.41. The van der Waals surface area contributed by atoms with Crippen LogP contribution in [-0.2, 0) is 0 Å². The first kappa shape index (κ1) is 16.7. The van der Waals surface area contributed by atoms with Crippen molar-refractivity contribution >= 4 is 33.1 Å². The Labute approximate surface area is 152 Å². The first-order valence-electron chi connectivity index (χ1n) is 9.11. The molecule has 2 N–H and O–H groups in total. The highest BCUT2D eigenvalue weighted by Gasteiger charge is 2.33. The number of nitrogens with two attached hydrogens (primary N) is 1. The van der Waals surface area contributed by atoms with Gasteiger partial charge in [-0.05, 0) is 51.8 Å². The number of carbonyl (C=O) groups is 1. The van der Waals surface area contributed by atoms with Gasteiger partial charge in [-0.1, -0.05) is 6.42 Å². The lowest BCUT2D eigenvalue weighted by molar-refractivity contribution is 0.0777. The van der Waals surface area contributed by atoms with Crippen LogP contribution in [0.25, 0.3) is 10.2 Å². The average Bonchev–Trinajstić information content (AvgIpc) is 3.24. The molecule has 0 saturated carbocycles. The number of hydrogen-bond donors (Lipinski definition) is 1. The Kier molecular flexibility index (Phi) is 4.37. The summed E-state index contributed by atoms with van der Waals surface area (Å²) >= 11 is 1.38. The summed E-state index contributed by atoms with van der Waals surface area (Å²) in [4.78, 5) is 19.0. The van der Waals surface area contributed by atoms with E-state index in [1.807, 2.05) is 18.7 Å². The van der Waals surface area contributed by atoms with E-state index in [-0.39, 0.29) is 5.91 Å². The number of aromatic nitrogens is 2. The molecule has 7 heteroatoms. The van der Waals surface area contributed by atoms with Gasteiger partial charge in [0.1, 0.15) is 9.71 Å². The normalized spacial score (nSPS) is 22.0. The number of likely N-dealkylation sites (tertiary alicyclic amines) is 2. The van der Waals surface area contributed by atoms with Crippen LogP contribution in [-0.4, -0.2) is 58.1 Å². The molecule has 0 aliphatic carbocycles. The second-order valence-corrected chi connectivity index (χ2v) is 8.22. The minimum absolute atomic E-state index is 0.0528. The molecule has 2 fully saturated rings. The summed E-state index contributed by atoms with van der Waals surface area (Å²) in [7, 11) is 0. The van der Waals surface area contributed by atoms with E-state index in [0.29, 0.717) is 16.6 Å². The fourth-order valence-corrected chi connectivity index (χ4v) is 5.12. The molecule has 2 aliphatic rings. The van der Waals surface area contributed by atoms with Gasteiger partial charge < -0.3 is 10.6 Å². The maximum atomic E-state index is 13.1. The van der Waals surface area contributed by atoms with Crippen LogP contribution in [0.2, 0.25) is 0 Å². The zero-order valence-electron chi connectivity index (χ0n) is 14.9. The quantitative estimate of drug-likeness (QED) is 0.892. The van der Waals surface area contributed by atoms with Crippen LogP contribution in [0.3, 0.4) is 0 Å². The van der Waals surface area contributed by atoms with Crippen molar-refractivity contribution in [1.82, 2.24) is 20.0 Å². The van der Waals surface area contributed by atoms with E-state index in [4.69, 9.17) is 5.73 Å². The predicted molar refractivity (Wildman–Crippen MR) is 101 cm³/mol. The van der Waals surface area contributed by atoms with Crippen molar-refractivity contribution in [2.24, 2.45) is 0 Å². The molecule has 4 rings (SSSR count). The van der Waals surface area contributed by atoms with Crippen LogP contribution in [0.15, 0.2) is 0 Å². The van der Waals surface area contributed by atoms with Crippen molar-refractivity contribution in [3.8, 4) is 0 Å². The summed E-state index contributed by atoms with van der Waals surface area (Å²) in [5.74, 6) is 0.0528. The van der Waals surface area contributed by atoms with E-state index >= 15 is 0 Å². The summed E-state index contributed by atoms with van der Waals surface area (Å²) in [6, 6.07) is 0.503. The molecule has 6 nitrogen and oxygen atoms in total. The predicted octanol–water partition coefficient (Wildman–Crippen LogP) is 2.59. The van der Waals surface area contributed by atoms with Gasteiger partial charge in [0.25, 0.3) is 5.91 Å². The Morgan fingerprint density at radius 1 is 1.16 bits per heavy atom. The number of hydrogen-bond acceptors (Lipinski definition) is 6. The number of amides is 1. The number of fused-ring (bicyclic) bond motifs is 1. The third kappa shape index (κ3) is 2.89. The highest BCUT2D eigenvalue weighted by molar-refractivity contribution is 7.21. The molecule has 2 aliphatic heterocycles. The van der Waals surface area contributed by atoms with Crippen molar-refractivity contribution in [2.75, 3.05) is 31.9 Å². The molecule has 0 bridgehead atoms. The second kappa shape index (κ2) is 6.53. The zero-order chi connectivity index (χ0) is 17.6. The van der Waals surface area contributed by atoms with Crippen LogP contribution < -0.4 is 5.73 Å². The summed E-state index contributed by atoms with van der Waals surface area (Å²) in [6.45, 7) is 7.89. The average molecular weight is 359 g/mol. The first-order valence-corrected chi connectivity index (χ1v) is 9.93. The molecule has 25 heavy (non-hydrogen) atoms. The molecule has 0 spiro atoms. The standard InChI is InChI=1S/C18H25N5OS/c1-11-12(2)20-21-17-14(11)15(19)16(25-17)18(24)23-9-6-13(10-23)22-7-4-3-5-8-22/h13H,3-10,19H2,1-2H3. The molecule has 2 aromatic heterocycles. The maximum Gasteiger partial charge on any atom is 0.266 e. The van der Waals surface area contributed by atoms with Gasteiger partial charge in [0.2, 0.25) is 0 Å². The Morgan fingerprint density at radius 2 is 1.92 bits per heavy atom. The van der Waals surface area contributed by atoms with E-state index in [1.54, 1.807) is 0 Å². The number of nitrogen functional groups attached to an aromatic ring is 1. The van der Waals surface area contributed by atoms with Gasteiger partial charge in [0.15, 0.2) is 0 Å². The van der Waals surface area contributed by atoms with Gasteiger partial charge in [-0.3, -0.25) is 9.69 Å². The van der Waals surface area contributed by atoms with E-state index in [2.05, 4.69) is 15.1 Å². The number of anilines is 1. The number of rotatable bonds is 2. The molecule has 1 unspecified atom stereocenters. The minimum Gasteiger partial charge on any atom is -0.397 e. The lowest BCUT2D eigenvalue weighted by atomic mass is 10.1. The lowest BCUT2D eigenvalue weighted by Gasteiger charge is -2.32. The highest BCUT2D eigenvalue weighted by Crippen LogP contribution is 2.36. The van der Waals surface area contributed by atoms with Crippen LogP contribution in [0.4, 0.5) is 5.69 Å². The fraction of sp³-hybridized carbons (Fsp3) is 0.611. The topological polar surface area (TPSA) is 75.4 Å². The van der Waals surface area contributed by atoms with Crippen LogP contribution in [0.5, 0.6) is 0 Å². The summed E-state index contributed by atoms with van der Waals surface area (Å²) in [5, 5.41) is 9.29. The van der Waals surface area contributed by atoms with Crippen LogP contribution in [0, 0.1) is 13.8 Å². The van der Waals surface area contributed by atoms with E-state index in [9.17, 15) is 4.79 Å². The largest absolute Gasteiger partial charge is 0.397 e. The molecular formula is C18H25N5OS. The molecule has 1 atom stereocenters. The molecule has 2 saturated heterocycles. The number of carbonyl (C=O) groups excluding carboxylic acids is 1. The van der Waals surface area contributed by atoms with Gasteiger partial charge in [-0.2, -0.15) is 5.10 Å². The fourth-order valence-electron chi connectivity index (χ4n) is 4.05. The zero-order valence-corrected chi connectivity index (χ0v) is 15.7. The first-order chi connectivity index (χ1) is 12.1. The molecule has 2 aromatic rings. The molecule has 134 valence electrons. The maximum absolute atomic E-state index is 13.1. The number of nitrogens with zero attached hydrogens (tertiary/aromatic N) is 4. The molecule has 0 aromatic carbocycles. The van der Waals surface area contributed by atoms with Gasteiger partial charge in [-0.15, -0.1) is 16.4 Å². The third-order valence-corrected chi connectivity index (χ3v) is 6.76. The van der Waals surface area contributed by atoms with E-state index < -0.39 is 0 Å². The molecule has 0 radical (unpaired) electrons. The van der Waals surface area contributed by atoms with Crippen molar-refractivity contribution in [2.45, 2.75) is 45.6 Å². The molecule has 1 amide bonds. The number of thiophene rings is 1. The summed E-state index contributed by atoms with van der Waals surface area (Å²) in [6.07, 6.45) is 4.97. The number of piperidine rings is 1. The van der Waals surface area contributed by atoms with Crippen molar-refractivity contribution < 1.29 is 4.79 Å². The van der Waals surface area contributed by atoms with Crippen LogP contribution in [0.1, 0.15) is 46.6 Å². The van der Waals surface area contributed by atoms with Crippen molar-refractivity contribution in [3.63, 3.8) is 0 Å². The van der Waals surface area contributed by atoms with E-state index in [1.165, 1.54) is 43.7 Å². The van der Waals surface area contributed by atoms with Crippen LogP contribution >= 0.6 is 11.3 Å². The SMILES string of the molecule is Cc1nnc2sc(C(=O)N3CCC(N4CCCCC4)C3)c(N)c2c1C. The Hall–Kier alpha value is -1.73. The van der Waals surface area contributed by atoms with Gasteiger partial charge >= 0.3 is 0 Å². The second-order valence-electron chi connectivity index (χ2n) is 7.23. The molecule has 4 heterocycles. The Balaban J connectivity index is 1.56. The minimum atomic E-state index is 0.0528. The highest BCUT2D eigenvalue weighted by atomic mass is 32.1. The Morgan fingerprint density at radius 3 is 2.68 bits per heavy atom. The Bertz CT molecular complexity index is 811. The smallest absolute Gasteiger partial charge is 0.266 e. The van der Waals surface area contributed by atoms with Gasteiger partial charge in [0, 0.05) is 24.5 Å². The van der Waals surface area contributed by atoms with Gasteiger partial charge in [0.05, 0.1) is 11.4 Å². The monoisotopic (exact) mass is 359 g/mol. The molecular weight excluding hydrogens is 334 g/mol. The summed E-state index contributed by atoms with van der Waals surface area (Å²) in [5.41, 5.74) is 8.79. The summed E-state index contributed by atoms with van der Waals surface area (Å²) < 4.78 is 0. The van der Waals surface area contributed by atoms with Gasteiger partial charge in [-0.25, -0.2) is 0 Å². The third-order valence-electron chi connectivity index (χ3n) is 5.69. The van der Waals surface area contributed by atoms with E-state index in [0.717, 1.165) is 41.0 Å².